The zero-order valence-corrected chi connectivity index (χ0v) is 26.2. The van der Waals surface area contributed by atoms with E-state index in [2.05, 4.69) is 67.6 Å². The van der Waals surface area contributed by atoms with Gasteiger partial charge in [-0.2, -0.15) is 0 Å². The van der Waals surface area contributed by atoms with Crippen molar-refractivity contribution in [1.82, 2.24) is 15.0 Å². The molecular formula is C35H43N5O2. The number of fused-ring (bicyclic) bond motifs is 2. The second-order valence-corrected chi connectivity index (χ2v) is 12.6. The lowest BCUT2D eigenvalue weighted by molar-refractivity contribution is 0.279. The zero-order valence-electron chi connectivity index (χ0n) is 26.2. The third-order valence-corrected chi connectivity index (χ3v) is 9.37. The number of piperidine rings is 1. The lowest BCUT2D eigenvalue weighted by atomic mass is 9.82. The van der Waals surface area contributed by atoms with Crippen LogP contribution in [-0.4, -0.2) is 48.8 Å². The number of benzene rings is 2. The first kappa shape index (κ1) is 28.3. The van der Waals surface area contributed by atoms with Gasteiger partial charge in [-0.05, 0) is 73.3 Å². The van der Waals surface area contributed by atoms with Crippen LogP contribution in [0.15, 0.2) is 36.7 Å². The molecule has 0 unspecified atom stereocenters. The van der Waals surface area contributed by atoms with Crippen LogP contribution in [0.3, 0.4) is 0 Å². The van der Waals surface area contributed by atoms with E-state index in [1.165, 1.54) is 52.0 Å². The summed E-state index contributed by atoms with van der Waals surface area (Å²) in [6.45, 7) is 15.3. The molecule has 6 rings (SSSR count). The average Bonchev–Trinajstić information content (AvgIpc) is 2.99. The van der Waals surface area contributed by atoms with E-state index in [1.54, 1.807) is 20.5 Å². The fourth-order valence-corrected chi connectivity index (χ4v) is 6.83. The Morgan fingerprint density at radius 3 is 2.31 bits per heavy atom. The Morgan fingerprint density at radius 1 is 0.857 bits per heavy atom. The van der Waals surface area contributed by atoms with Gasteiger partial charge in [0.2, 0.25) is 0 Å². The summed E-state index contributed by atoms with van der Waals surface area (Å²) in [6, 6.07) is 11.0. The zero-order chi connectivity index (χ0) is 29.6. The molecule has 4 aromatic rings. The van der Waals surface area contributed by atoms with Gasteiger partial charge in [-0.25, -0.2) is 9.97 Å². The van der Waals surface area contributed by atoms with E-state index in [9.17, 15) is 0 Å². The lowest BCUT2D eigenvalue weighted by Crippen LogP contribution is -2.38. The molecule has 0 spiro atoms. The molecule has 0 atom stereocenters. The Morgan fingerprint density at radius 2 is 1.60 bits per heavy atom. The van der Waals surface area contributed by atoms with Crippen molar-refractivity contribution in [1.29, 1.82) is 0 Å². The van der Waals surface area contributed by atoms with Crippen molar-refractivity contribution in [3.8, 4) is 22.6 Å². The van der Waals surface area contributed by atoms with E-state index in [4.69, 9.17) is 19.4 Å². The molecule has 0 radical (unpaired) electrons. The van der Waals surface area contributed by atoms with Crippen molar-refractivity contribution in [2.24, 2.45) is 5.41 Å². The van der Waals surface area contributed by atoms with Gasteiger partial charge in [-0.15, -0.1) is 0 Å². The highest BCUT2D eigenvalue weighted by atomic mass is 16.5. The van der Waals surface area contributed by atoms with Gasteiger partial charge in [0, 0.05) is 54.6 Å². The van der Waals surface area contributed by atoms with Crippen LogP contribution in [0.5, 0.6) is 11.5 Å². The molecule has 1 fully saturated rings. The van der Waals surface area contributed by atoms with Gasteiger partial charge >= 0.3 is 0 Å². The number of pyridine rings is 1. The minimum Gasteiger partial charge on any atom is -0.493 e. The molecule has 7 nitrogen and oxygen atoms in total. The summed E-state index contributed by atoms with van der Waals surface area (Å²) < 4.78 is 11.1. The Kier molecular flexibility index (Phi) is 7.46. The molecule has 42 heavy (non-hydrogen) atoms. The molecule has 220 valence electrons. The van der Waals surface area contributed by atoms with Crippen LogP contribution in [0.1, 0.15) is 61.7 Å². The standard InChI is InChI=1S/C35H43N5O2/c1-8-27-22(2)38-23(3)32(33(27)39-15-12-35(4,5)13-16-39)25-9-10-26-20-40(14-11-24(26)17-25)34-28-18-30(41-6)31(42-7)19-29(28)36-21-37-34/h9-10,17-19,21H,8,11-16,20H2,1-7H3. The summed E-state index contributed by atoms with van der Waals surface area (Å²) in [6.07, 6.45) is 6.02. The number of aryl methyl sites for hydroxylation is 2. The molecule has 0 N–H and O–H groups in total. The first-order chi connectivity index (χ1) is 20.2. The Bertz CT molecular complexity index is 1640. The van der Waals surface area contributed by atoms with Crippen molar-refractivity contribution in [2.45, 2.75) is 66.8 Å². The number of hydrogen-bond acceptors (Lipinski definition) is 7. The third kappa shape index (κ3) is 5.03. The van der Waals surface area contributed by atoms with Crippen molar-refractivity contribution in [3.05, 3.63) is 64.7 Å². The monoisotopic (exact) mass is 565 g/mol. The molecule has 0 amide bonds. The number of rotatable bonds is 6. The first-order valence-corrected chi connectivity index (χ1v) is 15.2. The minimum atomic E-state index is 0.407. The summed E-state index contributed by atoms with van der Waals surface area (Å²) in [5.74, 6) is 2.28. The van der Waals surface area contributed by atoms with Crippen LogP contribution in [0, 0.1) is 19.3 Å². The lowest BCUT2D eigenvalue weighted by Gasteiger charge is -2.40. The van der Waals surface area contributed by atoms with Crippen molar-refractivity contribution >= 4 is 22.4 Å². The average molecular weight is 566 g/mol. The van der Waals surface area contributed by atoms with E-state index in [1.807, 2.05) is 12.1 Å². The highest BCUT2D eigenvalue weighted by molar-refractivity contribution is 5.92. The number of ether oxygens (including phenoxy) is 2. The molecule has 2 aliphatic heterocycles. The van der Waals surface area contributed by atoms with Gasteiger partial charge in [0.15, 0.2) is 11.5 Å². The van der Waals surface area contributed by atoms with Crippen LogP contribution in [0.4, 0.5) is 11.5 Å². The van der Waals surface area contributed by atoms with Crippen LogP contribution in [-0.2, 0) is 19.4 Å². The Hall–Kier alpha value is -3.87. The van der Waals surface area contributed by atoms with E-state index in [0.717, 1.165) is 61.4 Å². The van der Waals surface area contributed by atoms with E-state index in [0.29, 0.717) is 16.9 Å². The van der Waals surface area contributed by atoms with Crippen LogP contribution >= 0.6 is 0 Å². The van der Waals surface area contributed by atoms with Gasteiger partial charge in [-0.1, -0.05) is 39.0 Å². The van der Waals surface area contributed by atoms with E-state index < -0.39 is 0 Å². The predicted octanol–water partition coefficient (Wildman–Crippen LogP) is 7.08. The maximum absolute atomic E-state index is 5.59. The smallest absolute Gasteiger partial charge is 0.162 e. The van der Waals surface area contributed by atoms with Crippen LogP contribution < -0.4 is 19.3 Å². The molecule has 2 aromatic carbocycles. The molecule has 0 saturated carbocycles. The summed E-state index contributed by atoms with van der Waals surface area (Å²) in [5.41, 5.74) is 11.7. The number of anilines is 2. The fourth-order valence-electron chi connectivity index (χ4n) is 6.83. The molecule has 0 bridgehead atoms. The van der Waals surface area contributed by atoms with Crippen molar-refractivity contribution in [2.75, 3.05) is 43.7 Å². The highest BCUT2D eigenvalue weighted by Gasteiger charge is 2.30. The van der Waals surface area contributed by atoms with Gasteiger partial charge < -0.3 is 19.3 Å². The van der Waals surface area contributed by atoms with Crippen LogP contribution in [0.25, 0.3) is 22.0 Å². The quantitative estimate of drug-likeness (QED) is 0.248. The maximum atomic E-state index is 5.59. The minimum absolute atomic E-state index is 0.407. The SMILES string of the molecule is CCc1c(C)nc(C)c(-c2ccc3c(c2)CCN(c2ncnc4cc(OC)c(OC)cc24)C3)c1N1CCC(C)(C)CC1. The number of nitrogens with zero attached hydrogens (tertiary/aromatic N) is 5. The van der Waals surface area contributed by atoms with E-state index in [-0.39, 0.29) is 0 Å². The number of aromatic nitrogens is 3. The van der Waals surface area contributed by atoms with Gasteiger partial charge in [-0.3, -0.25) is 4.98 Å². The molecule has 2 aliphatic rings. The predicted molar refractivity (Wildman–Crippen MR) is 171 cm³/mol. The second kappa shape index (κ2) is 11.1. The van der Waals surface area contributed by atoms with E-state index >= 15 is 0 Å². The molecule has 2 aromatic heterocycles. The summed E-state index contributed by atoms with van der Waals surface area (Å²) in [4.78, 5) is 19.3. The number of hydrogen-bond donors (Lipinski definition) is 0. The Balaban J connectivity index is 1.36. The number of methoxy groups -OCH3 is 2. The topological polar surface area (TPSA) is 63.6 Å². The van der Waals surface area contributed by atoms with Crippen LogP contribution in [0.2, 0.25) is 0 Å². The summed E-state index contributed by atoms with van der Waals surface area (Å²) in [5, 5.41) is 0.970. The van der Waals surface area contributed by atoms with Gasteiger partial charge in [0.05, 0.1) is 25.4 Å². The first-order valence-electron chi connectivity index (χ1n) is 15.2. The largest absolute Gasteiger partial charge is 0.493 e. The summed E-state index contributed by atoms with van der Waals surface area (Å²) in [7, 11) is 3.31. The molecule has 7 heteroatoms. The maximum Gasteiger partial charge on any atom is 0.162 e. The Labute approximate surface area is 249 Å². The molecule has 0 aliphatic carbocycles. The molecule has 1 saturated heterocycles. The third-order valence-electron chi connectivity index (χ3n) is 9.37. The van der Waals surface area contributed by atoms with Gasteiger partial charge in [0.25, 0.3) is 0 Å². The molecule has 4 heterocycles. The highest BCUT2D eigenvalue weighted by Crippen LogP contribution is 2.42. The summed E-state index contributed by atoms with van der Waals surface area (Å²) >= 11 is 0. The normalized spacial score (nSPS) is 16.5. The molecular weight excluding hydrogens is 522 g/mol. The van der Waals surface area contributed by atoms with Crippen molar-refractivity contribution in [3.63, 3.8) is 0 Å². The second-order valence-electron chi connectivity index (χ2n) is 12.6. The van der Waals surface area contributed by atoms with Crippen molar-refractivity contribution < 1.29 is 9.47 Å². The fraction of sp³-hybridized carbons (Fsp3) is 0.457. The van der Waals surface area contributed by atoms with Gasteiger partial charge in [0.1, 0.15) is 12.1 Å².